The van der Waals surface area contributed by atoms with Crippen molar-refractivity contribution in [3.8, 4) is 0 Å². The van der Waals surface area contributed by atoms with Crippen LogP contribution in [0.5, 0.6) is 0 Å². The number of benzene rings is 1. The highest BCUT2D eigenvalue weighted by Crippen LogP contribution is 2.29. The molecule has 27 heavy (non-hydrogen) atoms. The Morgan fingerprint density at radius 3 is 2.59 bits per heavy atom. The predicted molar refractivity (Wildman–Crippen MR) is 93.5 cm³/mol. The topological polar surface area (TPSA) is 73.2 Å². The van der Waals surface area contributed by atoms with Gasteiger partial charge in [-0.3, -0.25) is 9.40 Å². The van der Waals surface area contributed by atoms with E-state index in [1.807, 2.05) is 0 Å². The molecule has 1 atom stereocenters. The van der Waals surface area contributed by atoms with E-state index in [-0.39, 0.29) is 11.7 Å². The maximum atomic E-state index is 12.6. The molecule has 3 rings (SSSR count). The van der Waals surface area contributed by atoms with Crippen molar-refractivity contribution >= 4 is 15.7 Å². The van der Waals surface area contributed by atoms with Crippen molar-refractivity contribution in [1.29, 1.82) is 0 Å². The van der Waals surface area contributed by atoms with Gasteiger partial charge in [0, 0.05) is 12.8 Å². The number of nitrogens with one attached hydrogen (secondary N) is 1. The van der Waals surface area contributed by atoms with Crippen LogP contribution in [0.4, 0.5) is 18.9 Å². The Labute approximate surface area is 155 Å². The molecule has 0 unspecified atom stereocenters. The van der Waals surface area contributed by atoms with E-state index < -0.39 is 27.5 Å². The fourth-order valence-electron chi connectivity index (χ4n) is 2.90. The number of ether oxygens (including phenoxy) is 1. The lowest BCUT2D eigenvalue weighted by Gasteiger charge is -2.22. The maximum absolute atomic E-state index is 12.6. The number of aromatic nitrogens is 2. The lowest BCUT2D eigenvalue weighted by molar-refractivity contribution is -0.137. The van der Waals surface area contributed by atoms with E-state index in [0.717, 1.165) is 50.1 Å². The minimum Gasteiger partial charge on any atom is -0.376 e. The molecule has 0 aliphatic carbocycles. The average molecular weight is 403 g/mol. The van der Waals surface area contributed by atoms with E-state index in [2.05, 4.69) is 9.82 Å². The van der Waals surface area contributed by atoms with Crippen LogP contribution in [0, 0.1) is 0 Å². The molecule has 1 aliphatic rings. The summed E-state index contributed by atoms with van der Waals surface area (Å²) in [4.78, 5) is 0. The fraction of sp³-hybridized carbons (Fsp3) is 0.471. The molecule has 1 aromatic heterocycles. The molecule has 0 saturated carbocycles. The van der Waals surface area contributed by atoms with Gasteiger partial charge in [0.15, 0.2) is 0 Å². The molecule has 0 radical (unpaired) electrons. The summed E-state index contributed by atoms with van der Waals surface area (Å²) >= 11 is 0. The van der Waals surface area contributed by atoms with Crippen molar-refractivity contribution in [2.24, 2.45) is 0 Å². The summed E-state index contributed by atoms with van der Waals surface area (Å²) in [6.45, 7) is 1.26. The highest BCUT2D eigenvalue weighted by molar-refractivity contribution is 7.91. The van der Waals surface area contributed by atoms with Gasteiger partial charge in [0.2, 0.25) is 10.0 Å². The molecule has 1 fully saturated rings. The third kappa shape index (κ3) is 5.70. The first kappa shape index (κ1) is 19.7. The Morgan fingerprint density at radius 2 is 1.96 bits per heavy atom. The molecular weight excluding hydrogens is 383 g/mol. The van der Waals surface area contributed by atoms with Crippen LogP contribution in [0.3, 0.4) is 0 Å². The van der Waals surface area contributed by atoms with Crippen LogP contribution in [0.15, 0.2) is 36.7 Å². The molecule has 1 N–H and O–H groups in total. The van der Waals surface area contributed by atoms with Crippen LogP contribution >= 0.6 is 0 Å². The molecule has 0 amide bonds. The highest BCUT2D eigenvalue weighted by Gasteiger charge is 2.30. The van der Waals surface area contributed by atoms with E-state index in [0.29, 0.717) is 12.2 Å². The Kier molecular flexibility index (Phi) is 5.75. The zero-order valence-electron chi connectivity index (χ0n) is 14.4. The lowest BCUT2D eigenvalue weighted by atomic mass is 10.1. The van der Waals surface area contributed by atoms with Gasteiger partial charge in [-0.25, -0.2) is 8.42 Å². The van der Waals surface area contributed by atoms with Crippen molar-refractivity contribution in [3.63, 3.8) is 0 Å². The first-order chi connectivity index (χ1) is 12.7. The van der Waals surface area contributed by atoms with Crippen molar-refractivity contribution in [3.05, 3.63) is 47.8 Å². The predicted octanol–water partition coefficient (Wildman–Crippen LogP) is 3.41. The number of alkyl halides is 3. The van der Waals surface area contributed by atoms with Crippen molar-refractivity contribution in [2.45, 2.75) is 43.8 Å². The Bertz CT molecular complexity index is 858. The lowest BCUT2D eigenvalue weighted by Crippen LogP contribution is -2.24. The molecule has 0 spiro atoms. The first-order valence-electron chi connectivity index (χ1n) is 8.52. The summed E-state index contributed by atoms with van der Waals surface area (Å²) in [5.74, 6) is -0.429. The largest absolute Gasteiger partial charge is 0.416 e. The molecular formula is C17H20F3N3O3S. The minimum absolute atomic E-state index is 0.0651. The van der Waals surface area contributed by atoms with E-state index >= 15 is 0 Å². The summed E-state index contributed by atoms with van der Waals surface area (Å²) in [5, 5.41) is 4.12. The zero-order valence-corrected chi connectivity index (χ0v) is 15.3. The van der Waals surface area contributed by atoms with E-state index in [4.69, 9.17) is 4.74 Å². The van der Waals surface area contributed by atoms with Gasteiger partial charge in [0.1, 0.15) is 0 Å². The molecule has 1 saturated heterocycles. The monoisotopic (exact) mass is 403 g/mol. The standard InChI is InChI=1S/C17H20F3N3O3S/c18-17(19,20)14-6-4-13(5-7-14)12-27(24,25)22-15-9-21-23(10-15)11-16-3-1-2-8-26-16/h4-7,9-10,16,22H,1-3,8,11-12H2/t16-/m1/s1. The second-order valence-electron chi connectivity index (χ2n) is 6.50. The van der Waals surface area contributed by atoms with Gasteiger partial charge in [-0.1, -0.05) is 12.1 Å². The molecule has 6 nitrogen and oxygen atoms in total. The average Bonchev–Trinajstić information content (AvgIpc) is 3.01. The first-order valence-corrected chi connectivity index (χ1v) is 10.2. The molecule has 2 heterocycles. The number of nitrogens with zero attached hydrogens (tertiary/aromatic N) is 2. The number of anilines is 1. The Morgan fingerprint density at radius 1 is 1.22 bits per heavy atom. The highest BCUT2D eigenvalue weighted by atomic mass is 32.2. The molecule has 10 heteroatoms. The summed E-state index contributed by atoms with van der Waals surface area (Å²) in [6.07, 6.45) is 1.66. The molecule has 2 aromatic rings. The summed E-state index contributed by atoms with van der Waals surface area (Å²) in [6, 6.07) is 4.05. The van der Waals surface area contributed by atoms with E-state index in [1.165, 1.54) is 6.20 Å². The number of halogens is 3. The SMILES string of the molecule is O=S(=O)(Cc1ccc(C(F)(F)F)cc1)Nc1cnn(C[C@H]2CCCCO2)c1. The number of hydrogen-bond donors (Lipinski definition) is 1. The van der Waals surface area contributed by atoms with Crippen LogP contribution in [0.1, 0.15) is 30.4 Å². The Balaban J connectivity index is 1.59. The van der Waals surface area contributed by atoms with E-state index in [1.54, 1.807) is 10.9 Å². The second kappa shape index (κ2) is 7.89. The van der Waals surface area contributed by atoms with Crippen LogP contribution < -0.4 is 4.72 Å². The number of sulfonamides is 1. The van der Waals surface area contributed by atoms with Crippen molar-refractivity contribution in [2.75, 3.05) is 11.3 Å². The fourth-order valence-corrected chi connectivity index (χ4v) is 4.07. The normalized spacial score (nSPS) is 18.4. The Hall–Kier alpha value is -2.07. The third-order valence-electron chi connectivity index (χ3n) is 4.21. The van der Waals surface area contributed by atoms with Gasteiger partial charge in [0.25, 0.3) is 0 Å². The van der Waals surface area contributed by atoms with Crippen LogP contribution in [0.2, 0.25) is 0 Å². The van der Waals surface area contributed by atoms with Gasteiger partial charge in [-0.2, -0.15) is 18.3 Å². The minimum atomic E-state index is -4.45. The number of rotatable bonds is 6. The maximum Gasteiger partial charge on any atom is 0.416 e. The van der Waals surface area contributed by atoms with Crippen LogP contribution in [-0.4, -0.2) is 30.9 Å². The molecule has 1 aromatic carbocycles. The quantitative estimate of drug-likeness (QED) is 0.802. The molecule has 148 valence electrons. The van der Waals surface area contributed by atoms with Crippen molar-refractivity contribution in [1.82, 2.24) is 9.78 Å². The summed E-state index contributed by atoms with van der Waals surface area (Å²) < 4.78 is 71.8. The van der Waals surface area contributed by atoms with Gasteiger partial charge in [-0.05, 0) is 37.0 Å². The van der Waals surface area contributed by atoms with Gasteiger partial charge >= 0.3 is 6.18 Å². The smallest absolute Gasteiger partial charge is 0.376 e. The third-order valence-corrected chi connectivity index (χ3v) is 5.47. The van der Waals surface area contributed by atoms with E-state index in [9.17, 15) is 21.6 Å². The van der Waals surface area contributed by atoms with Gasteiger partial charge in [-0.15, -0.1) is 0 Å². The second-order valence-corrected chi connectivity index (χ2v) is 8.22. The molecule has 0 bridgehead atoms. The van der Waals surface area contributed by atoms with Crippen molar-refractivity contribution < 1.29 is 26.3 Å². The molecule has 1 aliphatic heterocycles. The summed E-state index contributed by atoms with van der Waals surface area (Å²) in [5.41, 5.74) is -0.251. The van der Waals surface area contributed by atoms with Crippen LogP contribution in [0.25, 0.3) is 0 Å². The zero-order chi connectivity index (χ0) is 19.5. The van der Waals surface area contributed by atoms with Gasteiger partial charge < -0.3 is 4.74 Å². The summed E-state index contributed by atoms with van der Waals surface area (Å²) in [7, 11) is -3.77. The number of hydrogen-bond acceptors (Lipinski definition) is 4. The van der Waals surface area contributed by atoms with Gasteiger partial charge in [0.05, 0.1) is 35.8 Å². The van der Waals surface area contributed by atoms with Crippen LogP contribution in [-0.2, 0) is 33.2 Å².